The molecular weight excluding hydrogens is 418 g/mol. The Morgan fingerprint density at radius 1 is 1.27 bits per heavy atom. The van der Waals surface area contributed by atoms with E-state index >= 15 is 0 Å². The number of nitrogens with zero attached hydrogens (tertiary/aromatic N) is 1. The topological polar surface area (TPSA) is 91.6 Å². The van der Waals surface area contributed by atoms with E-state index in [-0.39, 0.29) is 40.9 Å². The number of hydrogen-bond acceptors (Lipinski definition) is 4. The van der Waals surface area contributed by atoms with Gasteiger partial charge in [-0.3, -0.25) is 14.2 Å². The first kappa shape index (κ1) is 21.7. The Morgan fingerprint density at radius 2 is 1.97 bits per heavy atom. The lowest BCUT2D eigenvalue weighted by molar-refractivity contribution is -0.122. The van der Waals surface area contributed by atoms with Crippen LogP contribution in [0.15, 0.2) is 30.3 Å². The molecule has 1 heterocycles. The van der Waals surface area contributed by atoms with Gasteiger partial charge in [-0.15, -0.1) is 0 Å². The maximum absolute atomic E-state index is 14.9. The number of hydrogen-bond donors (Lipinski definition) is 3. The Bertz CT molecular complexity index is 1160. The molecule has 0 bridgehead atoms. The van der Waals surface area contributed by atoms with E-state index in [2.05, 4.69) is 5.32 Å². The fourth-order valence-corrected chi connectivity index (χ4v) is 3.71. The number of fused-ring (bicyclic) bond motifs is 1. The second kappa shape index (κ2) is 8.41. The summed E-state index contributed by atoms with van der Waals surface area (Å²) in [6.45, 7) is 2.70. The van der Waals surface area contributed by atoms with Crippen molar-refractivity contribution in [1.29, 1.82) is 0 Å². The third-order valence-electron chi connectivity index (χ3n) is 4.92. The van der Waals surface area contributed by atoms with Gasteiger partial charge in [0.1, 0.15) is 0 Å². The van der Waals surface area contributed by atoms with Crippen LogP contribution in [0.1, 0.15) is 34.5 Å². The second-order valence-corrected chi connectivity index (χ2v) is 7.24. The first-order valence-corrected chi connectivity index (χ1v) is 9.47. The number of aromatic nitrogens is 1. The molecule has 3 N–H and O–H groups in total. The van der Waals surface area contributed by atoms with Gasteiger partial charge in [-0.05, 0) is 37.6 Å². The largest absolute Gasteiger partial charge is 0.503 e. The number of phenolic OH excluding ortho intramolecular Hbond substituents is 1. The lowest BCUT2D eigenvalue weighted by Gasteiger charge is -2.13. The number of aromatic hydroxyl groups is 1. The molecule has 0 saturated carbocycles. The van der Waals surface area contributed by atoms with Gasteiger partial charge in [0.05, 0.1) is 18.0 Å². The molecule has 6 nitrogen and oxygen atoms in total. The molecular formula is C21H19ClF2N2O4. The van der Waals surface area contributed by atoms with Gasteiger partial charge in [0, 0.05) is 34.3 Å². The molecule has 3 rings (SSSR count). The molecule has 9 heteroatoms. The van der Waals surface area contributed by atoms with Crippen LogP contribution < -0.4 is 5.32 Å². The fourth-order valence-electron chi connectivity index (χ4n) is 3.52. The SMILES string of the molecule is Cc1c(C(C)C(=O)NCCO)c2c(F)c(O)c(F)cc2n1C(=O)c1cccc(Cl)c1. The average molecular weight is 437 g/mol. The summed E-state index contributed by atoms with van der Waals surface area (Å²) >= 11 is 5.96. The minimum Gasteiger partial charge on any atom is -0.503 e. The fraction of sp³-hybridized carbons (Fsp3) is 0.238. The highest BCUT2D eigenvalue weighted by atomic mass is 35.5. The molecule has 0 aliphatic heterocycles. The van der Waals surface area contributed by atoms with Crippen molar-refractivity contribution in [3.63, 3.8) is 0 Å². The van der Waals surface area contributed by atoms with Crippen LogP contribution in [-0.4, -0.2) is 39.7 Å². The molecule has 0 aliphatic carbocycles. The number of amides is 1. The van der Waals surface area contributed by atoms with E-state index in [1.54, 1.807) is 12.1 Å². The van der Waals surface area contributed by atoms with Crippen LogP contribution in [0.3, 0.4) is 0 Å². The van der Waals surface area contributed by atoms with Crippen molar-refractivity contribution in [2.75, 3.05) is 13.2 Å². The molecule has 0 aliphatic rings. The quantitative estimate of drug-likeness (QED) is 0.571. The van der Waals surface area contributed by atoms with Crippen molar-refractivity contribution < 1.29 is 28.6 Å². The number of nitrogens with one attached hydrogen (secondary N) is 1. The highest BCUT2D eigenvalue weighted by Crippen LogP contribution is 2.38. The van der Waals surface area contributed by atoms with Crippen LogP contribution in [-0.2, 0) is 4.79 Å². The highest BCUT2D eigenvalue weighted by Gasteiger charge is 2.30. The van der Waals surface area contributed by atoms with Crippen molar-refractivity contribution >= 4 is 34.3 Å². The molecule has 1 atom stereocenters. The zero-order chi connectivity index (χ0) is 22.2. The van der Waals surface area contributed by atoms with Gasteiger partial charge in [-0.1, -0.05) is 17.7 Å². The van der Waals surface area contributed by atoms with Crippen molar-refractivity contribution in [2.45, 2.75) is 19.8 Å². The van der Waals surface area contributed by atoms with Crippen LogP contribution in [0, 0.1) is 18.6 Å². The average Bonchev–Trinajstić information content (AvgIpc) is 3.00. The Kier molecular flexibility index (Phi) is 6.09. The lowest BCUT2D eigenvalue weighted by atomic mass is 9.96. The summed E-state index contributed by atoms with van der Waals surface area (Å²) in [4.78, 5) is 25.6. The summed E-state index contributed by atoms with van der Waals surface area (Å²) < 4.78 is 30.2. The van der Waals surface area contributed by atoms with E-state index < -0.39 is 35.1 Å². The second-order valence-electron chi connectivity index (χ2n) is 6.80. The molecule has 0 radical (unpaired) electrons. The number of rotatable bonds is 5. The van der Waals surface area contributed by atoms with Crippen LogP contribution >= 0.6 is 11.6 Å². The Hall–Kier alpha value is -2.97. The van der Waals surface area contributed by atoms with Gasteiger partial charge in [0.15, 0.2) is 17.4 Å². The summed E-state index contributed by atoms with van der Waals surface area (Å²) in [6, 6.07) is 6.92. The van der Waals surface area contributed by atoms with Gasteiger partial charge in [-0.2, -0.15) is 0 Å². The molecule has 1 aromatic heterocycles. The predicted molar refractivity (Wildman–Crippen MR) is 108 cm³/mol. The summed E-state index contributed by atoms with van der Waals surface area (Å²) in [5.74, 6) is -5.77. The zero-order valence-electron chi connectivity index (χ0n) is 16.2. The standard InChI is InChI=1S/C21H19ClF2N2O4/c1-10(20(29)25-6-7-27)16-11(2)26(21(30)12-4-3-5-13(22)8-12)15-9-14(23)19(28)18(24)17(15)16/h3-5,8-10,27-28H,6-7H2,1-2H3,(H,25,29). The number of carbonyl (C=O) groups excluding carboxylic acids is 2. The van der Waals surface area contributed by atoms with E-state index in [4.69, 9.17) is 16.7 Å². The van der Waals surface area contributed by atoms with E-state index in [1.165, 1.54) is 26.0 Å². The molecule has 1 unspecified atom stereocenters. The maximum atomic E-state index is 14.9. The van der Waals surface area contributed by atoms with Crippen LogP contribution in [0.25, 0.3) is 10.9 Å². The smallest absolute Gasteiger partial charge is 0.262 e. The third-order valence-corrected chi connectivity index (χ3v) is 5.16. The van der Waals surface area contributed by atoms with Gasteiger partial charge in [-0.25, -0.2) is 8.78 Å². The number of aliphatic hydroxyl groups is 1. The van der Waals surface area contributed by atoms with E-state index in [9.17, 15) is 23.5 Å². The highest BCUT2D eigenvalue weighted by molar-refractivity contribution is 6.31. The molecule has 3 aromatic rings. The Labute approximate surface area is 175 Å². The predicted octanol–water partition coefficient (Wildman–Crippen LogP) is 3.49. The van der Waals surface area contributed by atoms with Crippen molar-refractivity contribution in [1.82, 2.24) is 9.88 Å². The summed E-state index contributed by atoms with van der Waals surface area (Å²) in [7, 11) is 0. The number of aliphatic hydroxyl groups excluding tert-OH is 1. The van der Waals surface area contributed by atoms with Crippen molar-refractivity contribution in [3.05, 3.63) is 63.8 Å². The van der Waals surface area contributed by atoms with Crippen LogP contribution in [0.5, 0.6) is 5.75 Å². The normalized spacial score (nSPS) is 12.2. The molecule has 0 fully saturated rings. The van der Waals surface area contributed by atoms with Crippen molar-refractivity contribution in [3.8, 4) is 5.75 Å². The van der Waals surface area contributed by atoms with E-state index in [0.717, 1.165) is 10.6 Å². The molecule has 0 saturated heterocycles. The number of carbonyl (C=O) groups is 2. The monoisotopic (exact) mass is 436 g/mol. The molecule has 1 amide bonds. The number of phenols is 1. The van der Waals surface area contributed by atoms with Gasteiger partial charge in [0.2, 0.25) is 5.91 Å². The summed E-state index contributed by atoms with van der Waals surface area (Å²) in [6.07, 6.45) is 0. The van der Waals surface area contributed by atoms with E-state index in [1.807, 2.05) is 0 Å². The Morgan fingerprint density at radius 3 is 2.60 bits per heavy atom. The van der Waals surface area contributed by atoms with Gasteiger partial charge in [0.25, 0.3) is 5.91 Å². The third kappa shape index (κ3) is 3.64. The number of halogens is 3. The van der Waals surface area contributed by atoms with Crippen LogP contribution in [0.4, 0.5) is 8.78 Å². The number of benzene rings is 2. The zero-order valence-corrected chi connectivity index (χ0v) is 16.9. The molecule has 2 aromatic carbocycles. The summed E-state index contributed by atoms with van der Waals surface area (Å²) in [5.41, 5.74) is 0.400. The molecule has 30 heavy (non-hydrogen) atoms. The first-order chi connectivity index (χ1) is 14.2. The molecule has 158 valence electrons. The maximum Gasteiger partial charge on any atom is 0.262 e. The van der Waals surface area contributed by atoms with E-state index in [0.29, 0.717) is 5.02 Å². The minimum atomic E-state index is -1.26. The summed E-state index contributed by atoms with van der Waals surface area (Å²) in [5, 5.41) is 21.3. The van der Waals surface area contributed by atoms with Crippen LogP contribution in [0.2, 0.25) is 5.02 Å². The van der Waals surface area contributed by atoms with Gasteiger partial charge < -0.3 is 15.5 Å². The first-order valence-electron chi connectivity index (χ1n) is 9.09. The van der Waals surface area contributed by atoms with Crippen molar-refractivity contribution in [2.24, 2.45) is 0 Å². The lowest BCUT2D eigenvalue weighted by Crippen LogP contribution is -2.30. The van der Waals surface area contributed by atoms with Gasteiger partial charge >= 0.3 is 0 Å². The Balaban J connectivity index is 2.30. The minimum absolute atomic E-state index is 0.00926. The molecule has 0 spiro atoms.